The summed E-state index contributed by atoms with van der Waals surface area (Å²) < 4.78 is 26.9. The monoisotopic (exact) mass is 233 g/mol. The standard InChI is InChI=1S/C11H14ClF2N/c1-11(2,15-3)6-7-9(13)5-4-8(12)10(7)14/h4-5,15H,6H2,1-3H3. The fourth-order valence-corrected chi connectivity index (χ4v) is 1.44. The van der Waals surface area contributed by atoms with Gasteiger partial charge in [0.2, 0.25) is 0 Å². The van der Waals surface area contributed by atoms with Crippen LogP contribution in [0.15, 0.2) is 12.1 Å². The van der Waals surface area contributed by atoms with Crippen LogP contribution < -0.4 is 5.32 Å². The molecule has 0 aliphatic heterocycles. The molecule has 0 saturated heterocycles. The van der Waals surface area contributed by atoms with Gasteiger partial charge in [0.05, 0.1) is 5.02 Å². The van der Waals surface area contributed by atoms with E-state index in [4.69, 9.17) is 11.6 Å². The molecule has 0 aliphatic carbocycles. The van der Waals surface area contributed by atoms with Gasteiger partial charge in [-0.3, -0.25) is 0 Å². The number of hydrogen-bond donors (Lipinski definition) is 1. The predicted octanol–water partition coefficient (Wildman–Crippen LogP) is 3.16. The van der Waals surface area contributed by atoms with Crippen LogP contribution in [-0.2, 0) is 6.42 Å². The van der Waals surface area contributed by atoms with Crippen molar-refractivity contribution in [3.63, 3.8) is 0 Å². The smallest absolute Gasteiger partial charge is 0.147 e. The van der Waals surface area contributed by atoms with E-state index in [1.165, 1.54) is 12.1 Å². The Kier molecular flexibility index (Phi) is 3.68. The maximum Gasteiger partial charge on any atom is 0.147 e. The molecule has 4 heteroatoms. The van der Waals surface area contributed by atoms with E-state index in [1.54, 1.807) is 7.05 Å². The third-order valence-electron chi connectivity index (χ3n) is 2.43. The summed E-state index contributed by atoms with van der Waals surface area (Å²) in [5.41, 5.74) is -0.339. The molecule has 15 heavy (non-hydrogen) atoms. The van der Waals surface area contributed by atoms with Crippen LogP contribution in [0.25, 0.3) is 0 Å². The summed E-state index contributed by atoms with van der Waals surface area (Å²) in [5, 5.41) is 2.94. The van der Waals surface area contributed by atoms with Crippen molar-refractivity contribution in [1.29, 1.82) is 0 Å². The Morgan fingerprint density at radius 1 is 1.33 bits per heavy atom. The Labute approximate surface area is 93.4 Å². The molecule has 0 aromatic heterocycles. The molecule has 0 spiro atoms. The van der Waals surface area contributed by atoms with Gasteiger partial charge in [-0.15, -0.1) is 0 Å². The zero-order valence-electron chi connectivity index (χ0n) is 9.00. The SMILES string of the molecule is CNC(C)(C)Cc1c(F)ccc(Cl)c1F. The minimum atomic E-state index is -0.667. The van der Waals surface area contributed by atoms with Gasteiger partial charge in [-0.2, -0.15) is 0 Å². The molecule has 1 aromatic rings. The van der Waals surface area contributed by atoms with E-state index in [-0.39, 0.29) is 22.5 Å². The maximum atomic E-state index is 13.5. The lowest BCUT2D eigenvalue weighted by Gasteiger charge is -2.24. The van der Waals surface area contributed by atoms with Crippen LogP contribution >= 0.6 is 11.6 Å². The van der Waals surface area contributed by atoms with Crippen molar-refractivity contribution in [2.45, 2.75) is 25.8 Å². The van der Waals surface area contributed by atoms with Crippen molar-refractivity contribution >= 4 is 11.6 Å². The van der Waals surface area contributed by atoms with Crippen molar-refractivity contribution in [3.8, 4) is 0 Å². The molecular formula is C11H14ClF2N. The maximum absolute atomic E-state index is 13.5. The van der Waals surface area contributed by atoms with Crippen LogP contribution in [0.3, 0.4) is 0 Å². The normalized spacial score (nSPS) is 11.9. The highest BCUT2D eigenvalue weighted by Gasteiger charge is 2.21. The summed E-state index contributed by atoms with van der Waals surface area (Å²) in [4.78, 5) is 0. The average molecular weight is 234 g/mol. The second kappa shape index (κ2) is 4.45. The molecule has 0 fully saturated rings. The van der Waals surface area contributed by atoms with Crippen LogP contribution in [0.1, 0.15) is 19.4 Å². The van der Waals surface area contributed by atoms with Gasteiger partial charge in [0, 0.05) is 11.1 Å². The first-order valence-corrected chi connectivity index (χ1v) is 5.06. The summed E-state index contributed by atoms with van der Waals surface area (Å²) in [6.07, 6.45) is 0.252. The van der Waals surface area contributed by atoms with Gasteiger partial charge >= 0.3 is 0 Å². The van der Waals surface area contributed by atoms with Crippen LogP contribution in [0, 0.1) is 11.6 Å². The first-order chi connectivity index (χ1) is 6.87. The molecule has 0 radical (unpaired) electrons. The van der Waals surface area contributed by atoms with Crippen molar-refractivity contribution in [2.24, 2.45) is 0 Å². The first-order valence-electron chi connectivity index (χ1n) is 4.68. The Hall–Kier alpha value is -0.670. The van der Waals surface area contributed by atoms with Gasteiger partial charge in [0.15, 0.2) is 0 Å². The van der Waals surface area contributed by atoms with Gasteiger partial charge in [0.25, 0.3) is 0 Å². The molecular weight excluding hydrogens is 220 g/mol. The zero-order valence-corrected chi connectivity index (χ0v) is 9.75. The second-order valence-corrected chi connectivity index (χ2v) is 4.54. The van der Waals surface area contributed by atoms with Gasteiger partial charge in [0.1, 0.15) is 11.6 Å². The number of halogens is 3. The van der Waals surface area contributed by atoms with Crippen molar-refractivity contribution < 1.29 is 8.78 Å². The van der Waals surface area contributed by atoms with E-state index in [0.717, 1.165) is 0 Å². The minimum absolute atomic E-state index is 0.0295. The lowest BCUT2D eigenvalue weighted by molar-refractivity contribution is 0.403. The quantitative estimate of drug-likeness (QED) is 0.791. The van der Waals surface area contributed by atoms with Gasteiger partial charge < -0.3 is 5.32 Å². The Balaban J connectivity index is 3.09. The molecule has 0 aliphatic rings. The van der Waals surface area contributed by atoms with E-state index in [9.17, 15) is 8.78 Å². The third kappa shape index (κ3) is 2.89. The van der Waals surface area contributed by atoms with E-state index < -0.39 is 11.6 Å². The molecule has 1 aromatic carbocycles. The Morgan fingerprint density at radius 2 is 1.93 bits per heavy atom. The number of hydrogen-bond acceptors (Lipinski definition) is 1. The summed E-state index contributed by atoms with van der Waals surface area (Å²) in [7, 11) is 1.75. The molecule has 84 valence electrons. The van der Waals surface area contributed by atoms with E-state index in [1.807, 2.05) is 13.8 Å². The number of rotatable bonds is 3. The molecule has 0 amide bonds. The summed E-state index contributed by atoms with van der Waals surface area (Å²) >= 11 is 5.60. The second-order valence-electron chi connectivity index (χ2n) is 4.13. The van der Waals surface area contributed by atoms with E-state index in [0.29, 0.717) is 0 Å². The molecule has 0 atom stereocenters. The molecule has 1 rings (SSSR count). The van der Waals surface area contributed by atoms with E-state index in [2.05, 4.69) is 5.32 Å². The molecule has 1 nitrogen and oxygen atoms in total. The molecule has 0 unspecified atom stereocenters. The number of nitrogens with one attached hydrogen (secondary N) is 1. The average Bonchev–Trinajstić information content (AvgIpc) is 2.19. The number of benzene rings is 1. The van der Waals surface area contributed by atoms with Gasteiger partial charge in [-0.25, -0.2) is 8.78 Å². The predicted molar refractivity (Wildman–Crippen MR) is 58.2 cm³/mol. The number of likely N-dealkylation sites (N-methyl/N-ethyl adjacent to an activating group) is 1. The highest BCUT2D eigenvalue weighted by Crippen LogP contribution is 2.24. The lowest BCUT2D eigenvalue weighted by Crippen LogP contribution is -2.38. The largest absolute Gasteiger partial charge is 0.314 e. The van der Waals surface area contributed by atoms with Crippen molar-refractivity contribution in [2.75, 3.05) is 7.05 Å². The topological polar surface area (TPSA) is 12.0 Å². The Bertz CT molecular complexity index is 364. The zero-order chi connectivity index (χ0) is 11.6. The van der Waals surface area contributed by atoms with Crippen molar-refractivity contribution in [3.05, 3.63) is 34.4 Å². The minimum Gasteiger partial charge on any atom is -0.314 e. The van der Waals surface area contributed by atoms with Gasteiger partial charge in [-0.1, -0.05) is 11.6 Å². The highest BCUT2D eigenvalue weighted by atomic mass is 35.5. The van der Waals surface area contributed by atoms with Crippen LogP contribution in [0.5, 0.6) is 0 Å². The summed E-state index contributed by atoms with van der Waals surface area (Å²) in [6.45, 7) is 3.74. The highest BCUT2D eigenvalue weighted by molar-refractivity contribution is 6.30. The van der Waals surface area contributed by atoms with Crippen LogP contribution in [0.2, 0.25) is 5.02 Å². The fraction of sp³-hybridized carbons (Fsp3) is 0.455. The summed E-state index contributed by atoms with van der Waals surface area (Å²) in [5.74, 6) is -1.22. The van der Waals surface area contributed by atoms with E-state index >= 15 is 0 Å². The third-order valence-corrected chi connectivity index (χ3v) is 2.73. The fourth-order valence-electron chi connectivity index (χ4n) is 1.26. The molecule has 1 N–H and O–H groups in total. The lowest BCUT2D eigenvalue weighted by atomic mass is 9.94. The van der Waals surface area contributed by atoms with Gasteiger partial charge in [-0.05, 0) is 39.4 Å². The Morgan fingerprint density at radius 3 is 2.47 bits per heavy atom. The van der Waals surface area contributed by atoms with Crippen molar-refractivity contribution in [1.82, 2.24) is 5.32 Å². The van der Waals surface area contributed by atoms with Crippen LogP contribution in [0.4, 0.5) is 8.78 Å². The van der Waals surface area contributed by atoms with Crippen LogP contribution in [-0.4, -0.2) is 12.6 Å². The summed E-state index contributed by atoms with van der Waals surface area (Å²) in [6, 6.07) is 2.41. The first kappa shape index (κ1) is 12.4. The molecule has 0 saturated carbocycles. The molecule has 0 bridgehead atoms. The molecule has 0 heterocycles.